The quantitative estimate of drug-likeness (QED) is 0.135. The van der Waals surface area contributed by atoms with Crippen molar-refractivity contribution in [1.82, 2.24) is 19.4 Å². The average Bonchev–Trinajstić information content (AvgIpc) is 3.47. The van der Waals surface area contributed by atoms with E-state index >= 15 is 0 Å². The Balaban J connectivity index is 1.42. The number of aliphatic hydroxyl groups is 1. The molecule has 1 aliphatic rings. The molecule has 0 radical (unpaired) electrons. The van der Waals surface area contributed by atoms with Crippen molar-refractivity contribution in [2.45, 2.75) is 58.7 Å². The molecule has 1 amide bonds. The van der Waals surface area contributed by atoms with Gasteiger partial charge in [-0.05, 0) is 81.2 Å². The second-order valence-corrected chi connectivity index (χ2v) is 10.5. The van der Waals surface area contributed by atoms with Crippen LogP contribution in [-0.4, -0.2) is 47.9 Å². The minimum Gasteiger partial charge on any atom is -0.389 e. The first-order valence-corrected chi connectivity index (χ1v) is 12.6. The first-order valence-electron chi connectivity index (χ1n) is 12.6. The van der Waals surface area contributed by atoms with E-state index in [0.717, 1.165) is 29.7 Å². The number of hydrogen-bond acceptors (Lipinski definition) is 6. The Morgan fingerprint density at radius 1 is 1.26 bits per heavy atom. The third-order valence-electron chi connectivity index (χ3n) is 6.32. The number of halogens is 1. The second kappa shape index (κ2) is 10.0. The van der Waals surface area contributed by atoms with E-state index in [1.165, 1.54) is 18.3 Å². The van der Waals surface area contributed by atoms with Crippen LogP contribution in [0, 0.1) is 19.7 Å². The van der Waals surface area contributed by atoms with Gasteiger partial charge in [0, 0.05) is 23.6 Å². The van der Waals surface area contributed by atoms with Crippen molar-refractivity contribution < 1.29 is 14.3 Å². The number of amidine groups is 1. The van der Waals surface area contributed by atoms with Crippen molar-refractivity contribution in [3.63, 3.8) is 0 Å². The van der Waals surface area contributed by atoms with Crippen LogP contribution in [0.3, 0.4) is 0 Å². The number of benzene rings is 1. The van der Waals surface area contributed by atoms with Crippen molar-refractivity contribution in [2.75, 3.05) is 5.32 Å². The van der Waals surface area contributed by atoms with Gasteiger partial charge in [-0.1, -0.05) is 0 Å². The van der Waals surface area contributed by atoms with E-state index in [4.69, 9.17) is 5.73 Å². The maximum atomic E-state index is 14.6. The summed E-state index contributed by atoms with van der Waals surface area (Å²) < 4.78 is 18.0. The van der Waals surface area contributed by atoms with Crippen molar-refractivity contribution in [3.05, 3.63) is 71.1 Å². The molecule has 1 aromatic carbocycles. The molecule has 1 aliphatic carbocycles. The molecule has 39 heavy (non-hydrogen) atoms. The molecule has 3 heterocycles. The highest BCUT2D eigenvalue weighted by atomic mass is 19.1. The highest BCUT2D eigenvalue weighted by Crippen LogP contribution is 2.27. The number of hydrogen-bond donors (Lipinski definition) is 3. The average molecular weight is 532 g/mol. The molecule has 0 atom stereocenters. The summed E-state index contributed by atoms with van der Waals surface area (Å²) in [4.78, 5) is 13.3. The van der Waals surface area contributed by atoms with Gasteiger partial charge >= 0.3 is 0 Å². The van der Waals surface area contributed by atoms with Gasteiger partial charge in [0.25, 0.3) is 5.91 Å². The van der Waals surface area contributed by atoms with Crippen LogP contribution < -0.4 is 11.1 Å². The van der Waals surface area contributed by atoms with E-state index in [-0.39, 0.29) is 17.4 Å². The van der Waals surface area contributed by atoms with Gasteiger partial charge in [0.1, 0.15) is 5.82 Å². The number of pyridine rings is 1. The highest BCUT2D eigenvalue weighted by molar-refractivity contribution is 6.10. The van der Waals surface area contributed by atoms with E-state index < -0.39 is 17.3 Å². The number of fused-ring (bicyclic) bond motifs is 1. The summed E-state index contributed by atoms with van der Waals surface area (Å²) in [7, 11) is 0. The monoisotopic (exact) mass is 531 g/mol. The van der Waals surface area contributed by atoms with Gasteiger partial charge in [0.05, 0.1) is 46.7 Å². The Morgan fingerprint density at radius 3 is 2.74 bits per heavy atom. The Hall–Kier alpha value is -4.45. The largest absolute Gasteiger partial charge is 0.389 e. The molecule has 0 saturated heterocycles. The summed E-state index contributed by atoms with van der Waals surface area (Å²) in [6.45, 7) is 7.36. The zero-order chi connectivity index (χ0) is 27.9. The molecule has 202 valence electrons. The zero-order valence-corrected chi connectivity index (χ0v) is 22.2. The standard InChI is InChI=1S/C27H30FN9O2/c1-15-9-22(28)19(25(29)33-35-32-18-5-6-18)11-23(15)31-26(38)20-12-30-37-8-7-17(10-24(20)37)21-13-36(34-16(21)2)14-27(3,4)39/h7-13,18,39H,5-6,14H2,1-4H3,(H,31,38)(H2,29,32,33). The molecule has 0 aliphatic heterocycles. The molecular weight excluding hydrogens is 501 g/mol. The number of aromatic nitrogens is 4. The third-order valence-corrected chi connectivity index (χ3v) is 6.32. The van der Waals surface area contributed by atoms with Gasteiger partial charge in [-0.2, -0.15) is 15.3 Å². The number of nitrogens with one attached hydrogen (secondary N) is 1. The van der Waals surface area contributed by atoms with Crippen molar-refractivity contribution in [3.8, 4) is 11.1 Å². The number of rotatable bonds is 8. The van der Waals surface area contributed by atoms with E-state index in [9.17, 15) is 14.3 Å². The number of nitrogens with two attached hydrogens (primary N) is 1. The lowest BCUT2D eigenvalue weighted by Crippen LogP contribution is -2.26. The maximum absolute atomic E-state index is 14.6. The first kappa shape index (κ1) is 26.2. The molecule has 0 unspecified atom stereocenters. The van der Waals surface area contributed by atoms with Gasteiger partial charge in [-0.25, -0.2) is 8.91 Å². The maximum Gasteiger partial charge on any atom is 0.259 e. The van der Waals surface area contributed by atoms with Crippen LogP contribution in [0.4, 0.5) is 10.1 Å². The molecular formula is C27H30FN9O2. The van der Waals surface area contributed by atoms with Gasteiger partial charge in [-0.3, -0.25) is 9.48 Å². The summed E-state index contributed by atoms with van der Waals surface area (Å²) >= 11 is 0. The summed E-state index contributed by atoms with van der Waals surface area (Å²) in [6.07, 6.45) is 7.04. The summed E-state index contributed by atoms with van der Waals surface area (Å²) in [5.74, 6) is -1.12. The molecule has 1 saturated carbocycles. The van der Waals surface area contributed by atoms with Crippen molar-refractivity contribution >= 4 is 22.9 Å². The number of carbonyl (C=O) groups excluding carboxylic acids is 1. The van der Waals surface area contributed by atoms with Crippen molar-refractivity contribution in [1.29, 1.82) is 0 Å². The molecule has 5 rings (SSSR count). The third kappa shape index (κ3) is 5.85. The lowest BCUT2D eigenvalue weighted by Gasteiger charge is -2.16. The highest BCUT2D eigenvalue weighted by Gasteiger charge is 2.21. The molecule has 4 N–H and O–H groups in total. The minimum atomic E-state index is -0.911. The molecule has 4 aromatic rings. The molecule has 0 bridgehead atoms. The van der Waals surface area contributed by atoms with E-state index in [0.29, 0.717) is 28.9 Å². The number of anilines is 1. The summed E-state index contributed by atoms with van der Waals surface area (Å²) in [6, 6.07) is 6.63. The van der Waals surface area contributed by atoms with Crippen molar-refractivity contribution in [2.24, 2.45) is 21.2 Å². The zero-order valence-electron chi connectivity index (χ0n) is 22.2. The van der Waals surface area contributed by atoms with Gasteiger partial charge < -0.3 is 16.2 Å². The van der Waals surface area contributed by atoms with Crippen LogP contribution in [0.1, 0.15) is 53.9 Å². The molecule has 12 heteroatoms. The summed E-state index contributed by atoms with van der Waals surface area (Å²) in [5, 5.41) is 33.3. The van der Waals surface area contributed by atoms with Crippen LogP contribution in [0.2, 0.25) is 0 Å². The van der Waals surface area contributed by atoms with E-state index in [1.54, 1.807) is 36.2 Å². The Bertz CT molecular complexity index is 1620. The van der Waals surface area contributed by atoms with Crippen LogP contribution in [0.5, 0.6) is 0 Å². The minimum absolute atomic E-state index is 0.0198. The number of nitrogens with zero attached hydrogens (tertiary/aromatic N) is 7. The van der Waals surface area contributed by atoms with Crippen LogP contribution in [-0.2, 0) is 6.54 Å². The Labute approximate surface area is 224 Å². The molecule has 1 fully saturated rings. The lowest BCUT2D eigenvalue weighted by molar-refractivity contribution is 0.0577. The first-order chi connectivity index (χ1) is 18.5. The topological polar surface area (TPSA) is 148 Å². The van der Waals surface area contributed by atoms with Crippen LogP contribution in [0.25, 0.3) is 16.6 Å². The number of carbonyl (C=O) groups is 1. The SMILES string of the molecule is Cc1cc(F)c(/C(N)=N/N=NC2CC2)cc1NC(=O)c1cnn2ccc(-c3cn(CC(C)(C)O)nc3C)cc12. The van der Waals surface area contributed by atoms with Gasteiger partial charge in [-0.15, -0.1) is 5.10 Å². The number of aryl methyl sites for hydroxylation is 2. The van der Waals surface area contributed by atoms with E-state index in [1.807, 2.05) is 25.3 Å². The normalized spacial score (nSPS) is 14.5. The predicted molar refractivity (Wildman–Crippen MR) is 145 cm³/mol. The van der Waals surface area contributed by atoms with Gasteiger partial charge in [0.2, 0.25) is 0 Å². The lowest BCUT2D eigenvalue weighted by atomic mass is 10.1. The Morgan fingerprint density at radius 2 is 2.03 bits per heavy atom. The fraction of sp³-hybridized carbons (Fsp3) is 0.333. The molecule has 0 spiro atoms. The number of amides is 1. The van der Waals surface area contributed by atoms with Crippen LogP contribution >= 0.6 is 0 Å². The van der Waals surface area contributed by atoms with E-state index in [2.05, 4.69) is 31.0 Å². The molecule has 3 aromatic heterocycles. The van der Waals surface area contributed by atoms with Crippen LogP contribution in [0.15, 0.2) is 58.3 Å². The second-order valence-electron chi connectivity index (χ2n) is 10.5. The fourth-order valence-electron chi connectivity index (χ4n) is 4.19. The smallest absolute Gasteiger partial charge is 0.259 e. The fourth-order valence-corrected chi connectivity index (χ4v) is 4.19. The predicted octanol–water partition coefficient (Wildman–Crippen LogP) is 4.21. The summed E-state index contributed by atoms with van der Waals surface area (Å²) in [5.41, 5.74) is 9.40. The Kier molecular flexibility index (Phi) is 6.73. The van der Waals surface area contributed by atoms with Gasteiger partial charge in [0.15, 0.2) is 5.84 Å². The molecule has 11 nitrogen and oxygen atoms in total.